The van der Waals surface area contributed by atoms with Gasteiger partial charge in [-0.2, -0.15) is 0 Å². The Hall–Kier alpha value is -1.78. The summed E-state index contributed by atoms with van der Waals surface area (Å²) >= 11 is 0. The summed E-state index contributed by atoms with van der Waals surface area (Å²) in [6.07, 6.45) is 3.60. The molecule has 0 unspecified atom stereocenters. The van der Waals surface area contributed by atoms with Crippen molar-refractivity contribution in [3.05, 3.63) is 18.3 Å². The third-order valence-electron chi connectivity index (χ3n) is 3.21. The van der Waals surface area contributed by atoms with Gasteiger partial charge in [-0.15, -0.1) is 0 Å². The highest BCUT2D eigenvalue weighted by molar-refractivity contribution is 5.79. The van der Waals surface area contributed by atoms with Gasteiger partial charge in [0.2, 0.25) is 0 Å². The lowest BCUT2D eigenvalue weighted by atomic mass is 9.96. The second kappa shape index (κ2) is 5.03. The third-order valence-corrected chi connectivity index (χ3v) is 3.21. The van der Waals surface area contributed by atoms with Crippen LogP contribution in [0, 0.1) is 11.3 Å². The van der Waals surface area contributed by atoms with E-state index in [1.165, 1.54) is 0 Å². The van der Waals surface area contributed by atoms with Gasteiger partial charge in [0.15, 0.2) is 11.6 Å². The molecule has 2 heterocycles. The van der Waals surface area contributed by atoms with Crippen molar-refractivity contribution in [1.82, 2.24) is 4.98 Å². The van der Waals surface area contributed by atoms with Crippen molar-refractivity contribution in [2.24, 2.45) is 11.7 Å². The van der Waals surface area contributed by atoms with Crippen LogP contribution in [-0.2, 0) is 0 Å². The topological polar surface area (TPSA) is 75.2 Å². The molecule has 1 aliphatic rings. The fourth-order valence-corrected chi connectivity index (χ4v) is 2.18. The van der Waals surface area contributed by atoms with Crippen molar-refractivity contribution in [3.63, 3.8) is 0 Å². The summed E-state index contributed by atoms with van der Waals surface area (Å²) < 4.78 is 5.30. The summed E-state index contributed by atoms with van der Waals surface area (Å²) in [4.78, 5) is 6.55. The van der Waals surface area contributed by atoms with Gasteiger partial charge in [0.25, 0.3) is 0 Å². The molecule has 5 heteroatoms. The van der Waals surface area contributed by atoms with E-state index >= 15 is 0 Å². The zero-order valence-electron chi connectivity index (χ0n) is 10.0. The average molecular weight is 234 g/mol. The van der Waals surface area contributed by atoms with Gasteiger partial charge in [0.1, 0.15) is 0 Å². The largest absolute Gasteiger partial charge is 0.493 e. The Labute approximate surface area is 101 Å². The van der Waals surface area contributed by atoms with E-state index in [2.05, 4.69) is 9.88 Å². The predicted molar refractivity (Wildman–Crippen MR) is 67.6 cm³/mol. The number of aromatic nitrogens is 1. The molecule has 0 spiro atoms. The zero-order chi connectivity index (χ0) is 12.3. The number of ether oxygens (including phenoxy) is 1. The zero-order valence-corrected chi connectivity index (χ0v) is 10.0. The molecule has 1 aromatic rings. The van der Waals surface area contributed by atoms with Crippen LogP contribution in [0.15, 0.2) is 18.3 Å². The maximum absolute atomic E-state index is 7.46. The molecule has 5 nitrogen and oxygen atoms in total. The van der Waals surface area contributed by atoms with Crippen LogP contribution in [0.25, 0.3) is 0 Å². The molecule has 0 aliphatic carbocycles. The number of amidine groups is 1. The number of hydrogen-bond acceptors (Lipinski definition) is 4. The third kappa shape index (κ3) is 2.49. The number of hydrogen-bond donors (Lipinski definition) is 2. The van der Waals surface area contributed by atoms with E-state index in [1.807, 2.05) is 12.1 Å². The summed E-state index contributed by atoms with van der Waals surface area (Å²) in [5, 5.41) is 7.46. The summed E-state index contributed by atoms with van der Waals surface area (Å²) in [6, 6.07) is 3.78. The Morgan fingerprint density at radius 2 is 2.24 bits per heavy atom. The Morgan fingerprint density at radius 1 is 1.53 bits per heavy atom. The van der Waals surface area contributed by atoms with Gasteiger partial charge in [-0.25, -0.2) is 4.98 Å². The van der Waals surface area contributed by atoms with E-state index in [4.69, 9.17) is 15.9 Å². The van der Waals surface area contributed by atoms with E-state index in [0.717, 1.165) is 37.5 Å². The lowest BCUT2D eigenvalue weighted by Crippen LogP contribution is -2.38. The van der Waals surface area contributed by atoms with E-state index in [-0.39, 0.29) is 5.92 Å². The summed E-state index contributed by atoms with van der Waals surface area (Å²) in [5.74, 6) is 2.21. The first-order chi connectivity index (χ1) is 8.22. The molecule has 92 valence electrons. The molecule has 2 rings (SSSR count). The van der Waals surface area contributed by atoms with Crippen LogP contribution in [0.1, 0.15) is 12.8 Å². The van der Waals surface area contributed by atoms with Gasteiger partial charge in [-0.1, -0.05) is 0 Å². The Morgan fingerprint density at radius 3 is 2.82 bits per heavy atom. The van der Waals surface area contributed by atoms with Gasteiger partial charge in [0, 0.05) is 25.2 Å². The van der Waals surface area contributed by atoms with E-state index < -0.39 is 0 Å². The number of nitrogens with two attached hydrogens (primary N) is 1. The molecule has 0 aromatic carbocycles. The molecule has 1 saturated heterocycles. The molecule has 1 aliphatic heterocycles. The van der Waals surface area contributed by atoms with E-state index in [0.29, 0.717) is 5.84 Å². The molecule has 0 amide bonds. The molecular formula is C12H18N4O. The maximum atomic E-state index is 7.46. The molecule has 0 saturated carbocycles. The molecular weight excluding hydrogens is 216 g/mol. The summed E-state index contributed by atoms with van der Waals surface area (Å²) in [7, 11) is 1.66. The van der Waals surface area contributed by atoms with Crippen LogP contribution >= 0.6 is 0 Å². The summed E-state index contributed by atoms with van der Waals surface area (Å²) in [5.41, 5.74) is 5.53. The second-order valence-corrected chi connectivity index (χ2v) is 4.25. The monoisotopic (exact) mass is 234 g/mol. The first-order valence-corrected chi connectivity index (χ1v) is 5.80. The van der Waals surface area contributed by atoms with Gasteiger partial charge in [-0.3, -0.25) is 5.41 Å². The number of piperidine rings is 1. The van der Waals surface area contributed by atoms with Crippen LogP contribution in [0.3, 0.4) is 0 Å². The Balaban J connectivity index is 2.07. The van der Waals surface area contributed by atoms with Gasteiger partial charge in [-0.05, 0) is 25.0 Å². The van der Waals surface area contributed by atoms with Crippen LogP contribution in [0.4, 0.5) is 5.82 Å². The maximum Gasteiger partial charge on any atom is 0.171 e. The van der Waals surface area contributed by atoms with Gasteiger partial charge in [0.05, 0.1) is 12.9 Å². The molecule has 3 N–H and O–H groups in total. The molecule has 0 atom stereocenters. The van der Waals surface area contributed by atoms with Crippen molar-refractivity contribution < 1.29 is 4.74 Å². The number of pyridine rings is 1. The number of nitrogens with zero attached hydrogens (tertiary/aromatic N) is 2. The first-order valence-electron chi connectivity index (χ1n) is 5.80. The van der Waals surface area contributed by atoms with E-state index in [1.54, 1.807) is 13.3 Å². The van der Waals surface area contributed by atoms with Crippen LogP contribution in [0.2, 0.25) is 0 Å². The van der Waals surface area contributed by atoms with Crippen molar-refractivity contribution >= 4 is 11.7 Å². The molecule has 0 radical (unpaired) electrons. The fraction of sp³-hybridized carbons (Fsp3) is 0.500. The Kier molecular flexibility index (Phi) is 3.46. The molecule has 0 bridgehead atoms. The van der Waals surface area contributed by atoms with Crippen molar-refractivity contribution in [2.45, 2.75) is 12.8 Å². The highest BCUT2D eigenvalue weighted by Crippen LogP contribution is 2.28. The number of anilines is 1. The smallest absolute Gasteiger partial charge is 0.171 e. The normalized spacial score (nSPS) is 16.9. The highest BCUT2D eigenvalue weighted by atomic mass is 16.5. The lowest BCUT2D eigenvalue weighted by molar-refractivity contribution is 0.408. The number of nitrogens with one attached hydrogen (secondary N) is 1. The van der Waals surface area contributed by atoms with Crippen LogP contribution in [-0.4, -0.2) is 31.0 Å². The number of rotatable bonds is 3. The number of methoxy groups -OCH3 is 1. The van der Waals surface area contributed by atoms with Crippen LogP contribution in [0.5, 0.6) is 5.75 Å². The minimum Gasteiger partial charge on any atom is -0.493 e. The SMILES string of the molecule is COc1cccnc1N1CCC(C(=N)N)CC1. The predicted octanol–water partition coefficient (Wildman–Crippen LogP) is 1.24. The second-order valence-electron chi connectivity index (χ2n) is 4.25. The highest BCUT2D eigenvalue weighted by Gasteiger charge is 2.23. The van der Waals surface area contributed by atoms with Gasteiger partial charge >= 0.3 is 0 Å². The standard InChI is InChI=1S/C12H18N4O/c1-17-10-3-2-6-15-12(10)16-7-4-9(5-8-16)11(13)14/h2-3,6,9H,4-5,7-8H2,1H3,(H3,13,14). The lowest BCUT2D eigenvalue weighted by Gasteiger charge is -2.32. The molecule has 1 aromatic heterocycles. The van der Waals surface area contributed by atoms with Crippen molar-refractivity contribution in [2.75, 3.05) is 25.1 Å². The quantitative estimate of drug-likeness (QED) is 0.609. The van der Waals surface area contributed by atoms with Crippen LogP contribution < -0.4 is 15.4 Å². The van der Waals surface area contributed by atoms with Gasteiger partial charge < -0.3 is 15.4 Å². The first kappa shape index (κ1) is 11.7. The minimum absolute atomic E-state index is 0.223. The molecule has 17 heavy (non-hydrogen) atoms. The Bertz CT molecular complexity index is 399. The van der Waals surface area contributed by atoms with Crippen molar-refractivity contribution in [1.29, 1.82) is 5.41 Å². The average Bonchev–Trinajstić information content (AvgIpc) is 2.39. The summed E-state index contributed by atoms with van der Waals surface area (Å²) in [6.45, 7) is 1.75. The van der Waals surface area contributed by atoms with Crippen molar-refractivity contribution in [3.8, 4) is 5.75 Å². The van der Waals surface area contributed by atoms with E-state index in [9.17, 15) is 0 Å². The molecule has 1 fully saturated rings. The fourth-order valence-electron chi connectivity index (χ4n) is 2.18. The minimum atomic E-state index is 0.223.